The molecule has 6 nitrogen and oxygen atoms in total. The van der Waals surface area contributed by atoms with E-state index in [0.717, 1.165) is 48.9 Å². The van der Waals surface area contributed by atoms with Crippen LogP contribution in [-0.2, 0) is 12.8 Å². The number of H-pyrrole nitrogens is 1. The van der Waals surface area contributed by atoms with E-state index < -0.39 is 0 Å². The third-order valence-corrected chi connectivity index (χ3v) is 4.88. The summed E-state index contributed by atoms with van der Waals surface area (Å²) in [4.78, 5) is 29.7. The highest BCUT2D eigenvalue weighted by atomic mass is 35.5. The van der Waals surface area contributed by atoms with Crippen molar-refractivity contribution in [2.24, 2.45) is 4.99 Å². The summed E-state index contributed by atoms with van der Waals surface area (Å²) in [6.45, 7) is 5.52. The van der Waals surface area contributed by atoms with E-state index in [2.05, 4.69) is 31.0 Å². The molecular weight excluding hydrogens is 362 g/mol. The summed E-state index contributed by atoms with van der Waals surface area (Å²) >= 11 is 0. The van der Waals surface area contributed by atoms with Crippen LogP contribution in [0.15, 0.2) is 35.3 Å². The van der Waals surface area contributed by atoms with Crippen molar-refractivity contribution in [3.63, 3.8) is 0 Å². The highest BCUT2D eigenvalue weighted by molar-refractivity contribution is 6.18. The molecule has 3 heterocycles. The molecule has 1 aromatic carbocycles. The Morgan fingerprint density at radius 2 is 1.96 bits per heavy atom. The number of aromatic nitrogens is 2. The highest BCUT2D eigenvalue weighted by Gasteiger charge is 2.42. The van der Waals surface area contributed by atoms with E-state index in [-0.39, 0.29) is 24.5 Å². The number of urea groups is 1. The van der Waals surface area contributed by atoms with Gasteiger partial charge in [0.05, 0.1) is 12.6 Å². The van der Waals surface area contributed by atoms with Gasteiger partial charge >= 0.3 is 6.03 Å². The number of carbonyl (C=O) groups is 1. The molecule has 0 saturated carbocycles. The summed E-state index contributed by atoms with van der Waals surface area (Å²) in [7, 11) is 0. The predicted octanol–water partition coefficient (Wildman–Crippen LogP) is 3.81. The number of aliphatic imine (C=N–C) groups is 1. The van der Waals surface area contributed by atoms with Gasteiger partial charge in [0.15, 0.2) is 11.7 Å². The third-order valence-electron chi connectivity index (χ3n) is 4.88. The first-order valence-electron chi connectivity index (χ1n) is 9.51. The summed E-state index contributed by atoms with van der Waals surface area (Å²) in [5, 5.41) is 0. The van der Waals surface area contributed by atoms with Crippen LogP contribution < -0.4 is 4.90 Å². The molecular formula is C20H26ClN5O. The monoisotopic (exact) mass is 387 g/mol. The average molecular weight is 388 g/mol. The lowest BCUT2D eigenvalue weighted by Gasteiger charge is -2.32. The molecule has 0 bridgehead atoms. The molecule has 1 aromatic heterocycles. The Kier molecular flexibility index (Phi) is 5.85. The van der Waals surface area contributed by atoms with Crippen LogP contribution in [0.1, 0.15) is 43.8 Å². The standard InChI is InChI=1S/C20H25N5O.ClH/c1-3-8-16-22-17-18-21-15(12-14-9-6-5-7-10-14)13-25(18)20(26)24(11-4-2)19(17)23-16;/h5-7,9-10,15H,3-4,8,11-13H2,1-2H3,(H,22,23);1H/t15-;/m1./s1. The smallest absolute Gasteiger partial charge is 0.331 e. The lowest BCUT2D eigenvalue weighted by Crippen LogP contribution is -2.50. The van der Waals surface area contributed by atoms with Crippen molar-refractivity contribution < 1.29 is 4.79 Å². The van der Waals surface area contributed by atoms with Crippen LogP contribution in [0.2, 0.25) is 0 Å². The number of nitrogens with zero attached hydrogens (tertiary/aromatic N) is 4. The zero-order valence-corrected chi connectivity index (χ0v) is 16.6. The van der Waals surface area contributed by atoms with Crippen molar-refractivity contribution in [2.75, 3.05) is 18.0 Å². The number of hydrogen-bond acceptors (Lipinski definition) is 3. The number of fused-ring (bicyclic) bond motifs is 3. The van der Waals surface area contributed by atoms with Crippen molar-refractivity contribution in [1.82, 2.24) is 14.9 Å². The number of amides is 2. The number of nitrogens with one attached hydrogen (secondary N) is 1. The van der Waals surface area contributed by atoms with E-state index in [0.29, 0.717) is 13.1 Å². The molecule has 0 saturated heterocycles. The normalized spacial score (nSPS) is 18.1. The molecule has 2 aliphatic heterocycles. The Labute approximate surface area is 166 Å². The van der Waals surface area contributed by atoms with Gasteiger partial charge in [0.1, 0.15) is 11.5 Å². The van der Waals surface area contributed by atoms with Crippen LogP contribution in [0.25, 0.3) is 0 Å². The Bertz CT molecular complexity index is 832. The molecule has 0 radical (unpaired) electrons. The Balaban J connectivity index is 0.00000210. The van der Waals surface area contributed by atoms with Gasteiger partial charge in [0, 0.05) is 13.0 Å². The van der Waals surface area contributed by atoms with E-state index in [1.54, 1.807) is 4.90 Å². The molecule has 0 aliphatic carbocycles. The quantitative estimate of drug-likeness (QED) is 0.819. The fourth-order valence-electron chi connectivity index (χ4n) is 3.72. The zero-order valence-electron chi connectivity index (χ0n) is 15.8. The lowest BCUT2D eigenvalue weighted by atomic mass is 10.1. The van der Waals surface area contributed by atoms with E-state index >= 15 is 0 Å². The first-order valence-corrected chi connectivity index (χ1v) is 9.51. The maximum Gasteiger partial charge on any atom is 0.331 e. The number of anilines is 1. The Morgan fingerprint density at radius 3 is 2.67 bits per heavy atom. The van der Waals surface area contributed by atoms with Gasteiger partial charge in [-0.25, -0.2) is 9.78 Å². The molecule has 0 fully saturated rings. The third kappa shape index (κ3) is 3.58. The molecule has 144 valence electrons. The predicted molar refractivity (Wildman–Crippen MR) is 110 cm³/mol. The molecule has 7 heteroatoms. The second-order valence-electron chi connectivity index (χ2n) is 6.97. The number of amidine groups is 1. The van der Waals surface area contributed by atoms with Gasteiger partial charge < -0.3 is 4.98 Å². The second-order valence-corrected chi connectivity index (χ2v) is 6.97. The maximum absolute atomic E-state index is 13.0. The van der Waals surface area contributed by atoms with Gasteiger partial charge in [-0.3, -0.25) is 14.8 Å². The van der Waals surface area contributed by atoms with Crippen molar-refractivity contribution in [2.45, 2.75) is 45.6 Å². The van der Waals surface area contributed by atoms with Crippen LogP contribution in [0, 0.1) is 0 Å². The van der Waals surface area contributed by atoms with Crippen molar-refractivity contribution in [3.05, 3.63) is 47.4 Å². The molecule has 1 N–H and O–H groups in total. The van der Waals surface area contributed by atoms with E-state index in [1.165, 1.54) is 5.56 Å². The minimum Gasteiger partial charge on any atom is -0.338 e. The van der Waals surface area contributed by atoms with Gasteiger partial charge in [-0.2, -0.15) is 0 Å². The SMILES string of the molecule is CCCc1nc2c([nH]1)C1=N[C@H](Cc3ccccc3)CN1C(=O)N2CCC.Cl. The van der Waals surface area contributed by atoms with E-state index in [1.807, 2.05) is 23.1 Å². The molecule has 2 amide bonds. The number of imidazole rings is 1. The molecule has 2 aromatic rings. The number of halogens is 1. The van der Waals surface area contributed by atoms with Crippen LogP contribution in [0.4, 0.5) is 10.6 Å². The van der Waals surface area contributed by atoms with Gasteiger partial charge in [-0.1, -0.05) is 44.2 Å². The maximum atomic E-state index is 13.0. The number of benzene rings is 1. The summed E-state index contributed by atoms with van der Waals surface area (Å²) in [6, 6.07) is 10.4. The van der Waals surface area contributed by atoms with Crippen LogP contribution >= 0.6 is 12.4 Å². The molecule has 0 spiro atoms. The first-order chi connectivity index (χ1) is 12.7. The van der Waals surface area contributed by atoms with E-state index in [9.17, 15) is 4.79 Å². The van der Waals surface area contributed by atoms with Crippen molar-refractivity contribution in [1.29, 1.82) is 0 Å². The summed E-state index contributed by atoms with van der Waals surface area (Å²) < 4.78 is 0. The molecule has 1 atom stereocenters. The van der Waals surface area contributed by atoms with Crippen LogP contribution in [-0.4, -0.2) is 45.9 Å². The molecule has 2 aliphatic rings. The van der Waals surface area contributed by atoms with Crippen molar-refractivity contribution >= 4 is 30.1 Å². The number of aryl methyl sites for hydroxylation is 1. The lowest BCUT2D eigenvalue weighted by molar-refractivity contribution is 0.226. The number of carbonyl (C=O) groups excluding carboxylic acids is 1. The fourth-order valence-corrected chi connectivity index (χ4v) is 3.72. The Morgan fingerprint density at radius 1 is 1.19 bits per heavy atom. The summed E-state index contributed by atoms with van der Waals surface area (Å²) in [5.41, 5.74) is 2.15. The molecule has 0 unspecified atom stereocenters. The molecule has 4 rings (SSSR count). The number of aromatic amines is 1. The topological polar surface area (TPSA) is 64.6 Å². The van der Waals surface area contributed by atoms with Gasteiger partial charge in [0.2, 0.25) is 0 Å². The largest absolute Gasteiger partial charge is 0.338 e. The fraction of sp³-hybridized carbons (Fsp3) is 0.450. The average Bonchev–Trinajstić information content (AvgIpc) is 3.24. The van der Waals surface area contributed by atoms with E-state index in [4.69, 9.17) is 9.98 Å². The van der Waals surface area contributed by atoms with Gasteiger partial charge in [0.25, 0.3) is 0 Å². The minimum atomic E-state index is 0. The second kappa shape index (κ2) is 8.13. The van der Waals surface area contributed by atoms with Crippen molar-refractivity contribution in [3.8, 4) is 0 Å². The summed E-state index contributed by atoms with van der Waals surface area (Å²) in [5.74, 6) is 2.44. The zero-order chi connectivity index (χ0) is 18.1. The van der Waals surface area contributed by atoms with Gasteiger partial charge in [-0.05, 0) is 24.8 Å². The first kappa shape index (κ1) is 19.4. The highest BCUT2D eigenvalue weighted by Crippen LogP contribution is 2.31. The molecule has 27 heavy (non-hydrogen) atoms. The van der Waals surface area contributed by atoms with Crippen LogP contribution in [0.3, 0.4) is 0 Å². The van der Waals surface area contributed by atoms with Crippen LogP contribution in [0.5, 0.6) is 0 Å². The Hall–Kier alpha value is -2.34. The number of rotatable bonds is 6. The minimum absolute atomic E-state index is 0. The van der Waals surface area contributed by atoms with Gasteiger partial charge in [-0.15, -0.1) is 12.4 Å². The number of hydrogen-bond donors (Lipinski definition) is 1. The summed E-state index contributed by atoms with van der Waals surface area (Å²) in [6.07, 6.45) is 3.63.